The maximum absolute atomic E-state index is 12.4. The van der Waals surface area contributed by atoms with E-state index in [4.69, 9.17) is 5.53 Å². The van der Waals surface area contributed by atoms with Crippen LogP contribution in [0.15, 0.2) is 44.3 Å². The Bertz CT molecular complexity index is 1110. The first-order valence-corrected chi connectivity index (χ1v) is 8.24. The third kappa shape index (κ3) is 2.89. The summed E-state index contributed by atoms with van der Waals surface area (Å²) < 4.78 is 2.43. The summed E-state index contributed by atoms with van der Waals surface area (Å²) in [4.78, 5) is 37.3. The third-order valence-electron chi connectivity index (χ3n) is 3.89. The molecule has 1 aromatic carbocycles. The van der Waals surface area contributed by atoms with E-state index in [1.54, 1.807) is 36.7 Å². The number of rotatable bonds is 4. The molecule has 0 atom stereocenters. The van der Waals surface area contributed by atoms with E-state index < -0.39 is 11.2 Å². The Morgan fingerprint density at radius 1 is 1.24 bits per heavy atom. The Morgan fingerprint density at radius 3 is 2.68 bits per heavy atom. The van der Waals surface area contributed by atoms with Gasteiger partial charge in [-0.2, -0.15) is 5.11 Å². The SMILES string of the molecule is Cn1c(=O)c2c(CC(=O)Nc3ccccc3N=N)csc2n(C)c1=O. The van der Waals surface area contributed by atoms with E-state index >= 15 is 0 Å². The first kappa shape index (κ1) is 16.8. The minimum atomic E-state index is -0.413. The van der Waals surface area contributed by atoms with Crippen LogP contribution < -0.4 is 16.6 Å². The number of carbonyl (C=O) groups is 1. The molecule has 128 valence electrons. The van der Waals surface area contributed by atoms with Crippen LogP contribution in [0.2, 0.25) is 0 Å². The van der Waals surface area contributed by atoms with Crippen molar-refractivity contribution in [2.75, 3.05) is 5.32 Å². The lowest BCUT2D eigenvalue weighted by molar-refractivity contribution is -0.115. The molecule has 9 heteroatoms. The molecule has 0 unspecified atom stereocenters. The zero-order valence-corrected chi connectivity index (χ0v) is 14.4. The van der Waals surface area contributed by atoms with Crippen LogP contribution in [0.25, 0.3) is 10.2 Å². The van der Waals surface area contributed by atoms with E-state index in [9.17, 15) is 14.4 Å². The van der Waals surface area contributed by atoms with Crippen LogP contribution >= 0.6 is 11.3 Å². The molecule has 1 amide bonds. The molecule has 0 aliphatic rings. The molecule has 0 spiro atoms. The van der Waals surface area contributed by atoms with Gasteiger partial charge in [-0.05, 0) is 23.1 Å². The second-order valence-corrected chi connectivity index (χ2v) is 6.36. The molecule has 0 saturated carbocycles. The number of anilines is 1. The second kappa shape index (κ2) is 6.44. The van der Waals surface area contributed by atoms with Gasteiger partial charge in [0.1, 0.15) is 10.5 Å². The number of fused-ring (bicyclic) bond motifs is 1. The zero-order chi connectivity index (χ0) is 18.1. The van der Waals surface area contributed by atoms with Crippen LogP contribution in [0.3, 0.4) is 0 Å². The first-order valence-electron chi connectivity index (χ1n) is 7.36. The number of aryl methyl sites for hydroxylation is 1. The fourth-order valence-electron chi connectivity index (χ4n) is 2.60. The predicted molar refractivity (Wildman–Crippen MR) is 95.9 cm³/mol. The van der Waals surface area contributed by atoms with Gasteiger partial charge in [0.2, 0.25) is 5.91 Å². The van der Waals surface area contributed by atoms with Gasteiger partial charge in [0.05, 0.1) is 17.5 Å². The second-order valence-electron chi connectivity index (χ2n) is 5.50. The van der Waals surface area contributed by atoms with E-state index in [-0.39, 0.29) is 12.3 Å². The minimum absolute atomic E-state index is 0.0141. The van der Waals surface area contributed by atoms with Gasteiger partial charge in [0, 0.05) is 14.1 Å². The Hall–Kier alpha value is -3.07. The molecule has 2 aromatic heterocycles. The Balaban J connectivity index is 1.96. The summed E-state index contributed by atoms with van der Waals surface area (Å²) in [5, 5.41) is 8.15. The number of carbonyl (C=O) groups excluding carboxylic acids is 1. The fraction of sp³-hybridized carbons (Fsp3) is 0.188. The summed E-state index contributed by atoms with van der Waals surface area (Å²) in [5.74, 6) is -0.327. The summed E-state index contributed by atoms with van der Waals surface area (Å²) in [6.45, 7) is 0. The molecule has 0 aliphatic carbocycles. The number of benzene rings is 1. The molecular formula is C16H15N5O3S. The van der Waals surface area contributed by atoms with E-state index in [1.165, 1.54) is 23.0 Å². The smallest absolute Gasteiger partial charge is 0.324 e. The zero-order valence-electron chi connectivity index (χ0n) is 13.6. The fourth-order valence-corrected chi connectivity index (χ4v) is 3.63. The highest BCUT2D eigenvalue weighted by molar-refractivity contribution is 7.17. The van der Waals surface area contributed by atoms with E-state index in [0.29, 0.717) is 27.2 Å². The van der Waals surface area contributed by atoms with Gasteiger partial charge < -0.3 is 5.32 Å². The van der Waals surface area contributed by atoms with Crippen LogP contribution in [-0.2, 0) is 25.3 Å². The van der Waals surface area contributed by atoms with E-state index in [0.717, 1.165) is 4.57 Å². The molecule has 2 N–H and O–H groups in total. The summed E-state index contributed by atoms with van der Waals surface area (Å²) >= 11 is 1.25. The molecule has 0 saturated heterocycles. The van der Waals surface area contributed by atoms with Gasteiger partial charge in [0.15, 0.2) is 0 Å². The molecule has 0 bridgehead atoms. The van der Waals surface area contributed by atoms with Crippen molar-refractivity contribution in [1.82, 2.24) is 9.13 Å². The number of nitrogens with one attached hydrogen (secondary N) is 2. The molecule has 0 radical (unpaired) electrons. The maximum atomic E-state index is 12.4. The number of aromatic nitrogens is 2. The van der Waals surface area contributed by atoms with Crippen molar-refractivity contribution in [1.29, 1.82) is 5.53 Å². The van der Waals surface area contributed by atoms with Crippen molar-refractivity contribution in [3.8, 4) is 0 Å². The molecule has 8 nitrogen and oxygen atoms in total. The van der Waals surface area contributed by atoms with Crippen LogP contribution in [0.5, 0.6) is 0 Å². The number of nitrogens with zero attached hydrogens (tertiary/aromatic N) is 3. The average molecular weight is 357 g/mol. The number of thiophene rings is 1. The average Bonchev–Trinajstić information content (AvgIpc) is 3.02. The quantitative estimate of drug-likeness (QED) is 0.698. The van der Waals surface area contributed by atoms with Crippen molar-refractivity contribution < 1.29 is 4.79 Å². The molecule has 25 heavy (non-hydrogen) atoms. The van der Waals surface area contributed by atoms with Gasteiger partial charge in [-0.25, -0.2) is 10.3 Å². The molecule has 0 fully saturated rings. The van der Waals surface area contributed by atoms with Gasteiger partial charge >= 0.3 is 5.69 Å². The highest BCUT2D eigenvalue weighted by atomic mass is 32.1. The summed E-state index contributed by atoms with van der Waals surface area (Å²) in [7, 11) is 3.01. The highest BCUT2D eigenvalue weighted by Crippen LogP contribution is 2.25. The summed E-state index contributed by atoms with van der Waals surface area (Å²) in [6, 6.07) is 6.73. The predicted octanol–water partition coefficient (Wildman–Crippen LogP) is 2.14. The maximum Gasteiger partial charge on any atom is 0.331 e. The highest BCUT2D eigenvalue weighted by Gasteiger charge is 2.17. The first-order chi connectivity index (χ1) is 11.9. The van der Waals surface area contributed by atoms with E-state index in [1.807, 2.05) is 0 Å². The van der Waals surface area contributed by atoms with Crippen molar-refractivity contribution in [3.05, 3.63) is 56.0 Å². The normalized spacial score (nSPS) is 10.8. The Morgan fingerprint density at radius 2 is 1.96 bits per heavy atom. The van der Waals surface area contributed by atoms with Gasteiger partial charge in [-0.3, -0.25) is 18.7 Å². The van der Waals surface area contributed by atoms with Crippen LogP contribution in [-0.4, -0.2) is 15.0 Å². The lowest BCUT2D eigenvalue weighted by Gasteiger charge is -2.07. The van der Waals surface area contributed by atoms with Crippen LogP contribution in [0.4, 0.5) is 11.4 Å². The van der Waals surface area contributed by atoms with Crippen molar-refractivity contribution in [2.24, 2.45) is 19.2 Å². The van der Waals surface area contributed by atoms with Gasteiger partial charge in [-0.1, -0.05) is 12.1 Å². The number of para-hydroxylation sites is 2. The Labute approximate surface area is 145 Å². The molecule has 3 aromatic rings. The van der Waals surface area contributed by atoms with Crippen molar-refractivity contribution >= 4 is 38.8 Å². The Kier molecular flexibility index (Phi) is 4.32. The van der Waals surface area contributed by atoms with E-state index in [2.05, 4.69) is 10.4 Å². The summed E-state index contributed by atoms with van der Waals surface area (Å²) in [5.41, 5.74) is 7.66. The number of amides is 1. The van der Waals surface area contributed by atoms with Crippen LogP contribution in [0, 0.1) is 5.53 Å². The molecule has 3 rings (SSSR count). The number of hydrogen-bond acceptors (Lipinski definition) is 6. The lowest BCUT2D eigenvalue weighted by atomic mass is 10.1. The van der Waals surface area contributed by atoms with Gasteiger partial charge in [0.25, 0.3) is 5.56 Å². The third-order valence-corrected chi connectivity index (χ3v) is 5.00. The monoisotopic (exact) mass is 357 g/mol. The standard InChI is InChI=1S/C16H15N5O3S/c1-20-14(23)13-9(8-25-15(13)21(2)16(20)24)7-12(22)18-10-5-3-4-6-11(10)19-17/h3-6,8,17H,7H2,1-2H3,(H,18,22). The lowest BCUT2D eigenvalue weighted by Crippen LogP contribution is -2.36. The minimum Gasteiger partial charge on any atom is -0.324 e. The largest absolute Gasteiger partial charge is 0.331 e. The van der Waals surface area contributed by atoms with Crippen LogP contribution in [0.1, 0.15) is 5.56 Å². The summed E-state index contributed by atoms with van der Waals surface area (Å²) in [6.07, 6.45) is -0.0141. The molecule has 0 aliphatic heterocycles. The number of hydrogen-bond donors (Lipinski definition) is 2. The van der Waals surface area contributed by atoms with Crippen molar-refractivity contribution in [3.63, 3.8) is 0 Å². The van der Waals surface area contributed by atoms with Crippen molar-refractivity contribution in [2.45, 2.75) is 6.42 Å². The molecule has 2 heterocycles. The topological polar surface area (TPSA) is 109 Å². The van der Waals surface area contributed by atoms with Gasteiger partial charge in [-0.15, -0.1) is 11.3 Å². The molecular weight excluding hydrogens is 342 g/mol.